The second kappa shape index (κ2) is 5.06. The Morgan fingerprint density at radius 2 is 1.89 bits per heavy atom. The van der Waals surface area contributed by atoms with Gasteiger partial charge in [-0.1, -0.05) is 23.8 Å². The van der Waals surface area contributed by atoms with Crippen LogP contribution < -0.4 is 5.32 Å². The summed E-state index contributed by atoms with van der Waals surface area (Å²) in [5.74, 6) is 0.470. The molecule has 3 heteroatoms. The van der Waals surface area contributed by atoms with Crippen molar-refractivity contribution in [1.82, 2.24) is 5.32 Å². The molecule has 0 radical (unpaired) electrons. The Labute approximate surface area is 114 Å². The van der Waals surface area contributed by atoms with Gasteiger partial charge in [0.2, 0.25) is 0 Å². The zero-order valence-corrected chi connectivity index (χ0v) is 11.6. The van der Waals surface area contributed by atoms with Crippen molar-refractivity contribution in [3.63, 3.8) is 0 Å². The highest BCUT2D eigenvalue weighted by Crippen LogP contribution is 2.28. The molecule has 2 atom stereocenters. The number of fused-ring (bicyclic) bond motifs is 2. The van der Waals surface area contributed by atoms with Gasteiger partial charge in [-0.2, -0.15) is 0 Å². The van der Waals surface area contributed by atoms with Crippen molar-refractivity contribution in [3.8, 4) is 0 Å². The van der Waals surface area contributed by atoms with Crippen LogP contribution in [-0.4, -0.2) is 31.1 Å². The zero-order valence-electron chi connectivity index (χ0n) is 11.6. The Bertz CT molecular complexity index is 486. The van der Waals surface area contributed by atoms with Gasteiger partial charge in [-0.25, -0.2) is 0 Å². The molecule has 2 aliphatic heterocycles. The summed E-state index contributed by atoms with van der Waals surface area (Å²) in [6, 6.07) is 6.82. The molecule has 0 amide bonds. The van der Waals surface area contributed by atoms with Gasteiger partial charge in [-0.3, -0.25) is 4.79 Å². The number of ether oxygens (including phenoxy) is 1. The lowest BCUT2D eigenvalue weighted by atomic mass is 9.81. The van der Waals surface area contributed by atoms with Crippen molar-refractivity contribution in [3.05, 3.63) is 34.9 Å². The van der Waals surface area contributed by atoms with Gasteiger partial charge in [0.25, 0.3) is 0 Å². The number of hydrogen-bond donors (Lipinski definition) is 1. The normalized spacial score (nSPS) is 30.1. The van der Waals surface area contributed by atoms with Gasteiger partial charge < -0.3 is 10.1 Å². The molecule has 1 aromatic rings. The van der Waals surface area contributed by atoms with Crippen LogP contribution in [0.5, 0.6) is 0 Å². The lowest BCUT2D eigenvalue weighted by Gasteiger charge is -2.39. The van der Waals surface area contributed by atoms with E-state index >= 15 is 0 Å². The first-order chi connectivity index (χ1) is 9.13. The van der Waals surface area contributed by atoms with E-state index in [4.69, 9.17) is 4.74 Å². The van der Waals surface area contributed by atoms with Crippen LogP contribution >= 0.6 is 0 Å². The van der Waals surface area contributed by atoms with E-state index in [-0.39, 0.29) is 5.92 Å². The van der Waals surface area contributed by atoms with Gasteiger partial charge in [0.15, 0.2) is 5.78 Å². The molecule has 2 heterocycles. The molecule has 102 valence electrons. The van der Waals surface area contributed by atoms with Gasteiger partial charge in [0.1, 0.15) is 0 Å². The van der Waals surface area contributed by atoms with Gasteiger partial charge in [0.05, 0.1) is 13.2 Å². The molecule has 0 aliphatic carbocycles. The maximum absolute atomic E-state index is 12.7. The topological polar surface area (TPSA) is 38.3 Å². The monoisotopic (exact) mass is 259 g/mol. The molecule has 2 aliphatic rings. The standard InChI is InChI=1S/C16H21NO2/c1-10-3-4-15(11(2)5-10)16(18)12-6-13-8-19-9-14(7-12)17-13/h3-5,12-14,17H,6-9H2,1-2H3. The summed E-state index contributed by atoms with van der Waals surface area (Å²) >= 11 is 0. The number of ketones is 1. The molecule has 0 saturated carbocycles. The van der Waals surface area contributed by atoms with Crippen LogP contribution in [0.3, 0.4) is 0 Å². The molecule has 2 fully saturated rings. The fourth-order valence-electron chi connectivity index (χ4n) is 3.36. The van der Waals surface area contributed by atoms with Gasteiger partial charge in [0, 0.05) is 23.6 Å². The van der Waals surface area contributed by atoms with Gasteiger partial charge >= 0.3 is 0 Å². The molecule has 2 bridgehead atoms. The predicted molar refractivity (Wildman–Crippen MR) is 74.5 cm³/mol. The minimum Gasteiger partial charge on any atom is -0.378 e. The summed E-state index contributed by atoms with van der Waals surface area (Å²) in [4.78, 5) is 12.7. The van der Waals surface area contributed by atoms with Crippen LogP contribution in [0.1, 0.15) is 34.3 Å². The summed E-state index contributed by atoms with van der Waals surface area (Å²) in [5, 5.41) is 3.54. The molecule has 3 nitrogen and oxygen atoms in total. The Morgan fingerprint density at radius 3 is 2.53 bits per heavy atom. The van der Waals surface area contributed by atoms with Crippen molar-refractivity contribution in [2.45, 2.75) is 38.8 Å². The van der Waals surface area contributed by atoms with E-state index in [1.165, 1.54) is 5.56 Å². The minimum atomic E-state index is 0.154. The maximum atomic E-state index is 12.7. The van der Waals surface area contributed by atoms with E-state index in [0.717, 1.165) is 37.2 Å². The maximum Gasteiger partial charge on any atom is 0.166 e. The quantitative estimate of drug-likeness (QED) is 0.828. The van der Waals surface area contributed by atoms with Crippen LogP contribution in [-0.2, 0) is 4.74 Å². The van der Waals surface area contributed by atoms with E-state index < -0.39 is 0 Å². The molecule has 1 N–H and O–H groups in total. The first-order valence-corrected chi connectivity index (χ1v) is 7.09. The molecule has 2 saturated heterocycles. The van der Waals surface area contributed by atoms with E-state index in [0.29, 0.717) is 17.9 Å². The molecule has 1 aromatic carbocycles. The van der Waals surface area contributed by atoms with Crippen molar-refractivity contribution >= 4 is 5.78 Å². The number of benzene rings is 1. The number of nitrogens with one attached hydrogen (secondary N) is 1. The van der Waals surface area contributed by atoms with E-state index in [1.807, 2.05) is 19.1 Å². The van der Waals surface area contributed by atoms with Crippen LogP contribution in [0.15, 0.2) is 18.2 Å². The summed E-state index contributed by atoms with van der Waals surface area (Å²) in [6.45, 7) is 5.58. The summed E-state index contributed by atoms with van der Waals surface area (Å²) in [5.41, 5.74) is 3.21. The third kappa shape index (κ3) is 2.58. The lowest BCUT2D eigenvalue weighted by molar-refractivity contribution is 0.00951. The van der Waals surface area contributed by atoms with Crippen molar-refractivity contribution in [2.75, 3.05) is 13.2 Å². The van der Waals surface area contributed by atoms with Crippen LogP contribution in [0.25, 0.3) is 0 Å². The molecule has 2 unspecified atom stereocenters. The SMILES string of the molecule is Cc1ccc(C(=O)C2CC3COCC(C2)N3)c(C)c1. The van der Waals surface area contributed by atoms with Gasteiger partial charge in [-0.15, -0.1) is 0 Å². The van der Waals surface area contributed by atoms with E-state index in [9.17, 15) is 4.79 Å². The van der Waals surface area contributed by atoms with E-state index in [1.54, 1.807) is 0 Å². The summed E-state index contributed by atoms with van der Waals surface area (Å²) in [6.07, 6.45) is 1.81. The molecular weight excluding hydrogens is 238 g/mol. The Kier molecular flexibility index (Phi) is 3.42. The van der Waals surface area contributed by atoms with Crippen molar-refractivity contribution < 1.29 is 9.53 Å². The third-order valence-corrected chi connectivity index (χ3v) is 4.27. The first-order valence-electron chi connectivity index (χ1n) is 7.09. The van der Waals surface area contributed by atoms with Crippen LogP contribution in [0.4, 0.5) is 0 Å². The smallest absolute Gasteiger partial charge is 0.166 e. The summed E-state index contributed by atoms with van der Waals surface area (Å²) in [7, 11) is 0. The fourth-order valence-corrected chi connectivity index (χ4v) is 3.36. The third-order valence-electron chi connectivity index (χ3n) is 4.27. The summed E-state index contributed by atoms with van der Waals surface area (Å²) < 4.78 is 5.54. The highest BCUT2D eigenvalue weighted by atomic mass is 16.5. The average molecular weight is 259 g/mol. The highest BCUT2D eigenvalue weighted by molar-refractivity contribution is 5.99. The first kappa shape index (κ1) is 12.8. The fraction of sp³-hybridized carbons (Fsp3) is 0.562. The molecule has 0 aromatic heterocycles. The predicted octanol–water partition coefficient (Wildman–Crippen LogP) is 2.25. The second-order valence-electron chi connectivity index (χ2n) is 5.95. The molecule has 3 rings (SSSR count). The van der Waals surface area contributed by atoms with Gasteiger partial charge in [-0.05, 0) is 32.3 Å². The lowest BCUT2D eigenvalue weighted by Crippen LogP contribution is -2.55. The number of carbonyl (C=O) groups excluding carboxylic acids is 1. The number of carbonyl (C=O) groups is 1. The molecule has 19 heavy (non-hydrogen) atoms. The number of rotatable bonds is 2. The molecular formula is C16H21NO2. The Hall–Kier alpha value is -1.19. The van der Waals surface area contributed by atoms with Crippen molar-refractivity contribution in [2.24, 2.45) is 5.92 Å². The largest absolute Gasteiger partial charge is 0.378 e. The number of aryl methyl sites for hydroxylation is 2. The number of piperidine rings is 1. The van der Waals surface area contributed by atoms with Crippen molar-refractivity contribution in [1.29, 1.82) is 0 Å². The Balaban J connectivity index is 1.80. The number of hydrogen-bond acceptors (Lipinski definition) is 3. The van der Waals surface area contributed by atoms with E-state index in [2.05, 4.69) is 18.3 Å². The number of Topliss-reactive ketones (excluding diaryl/α,β-unsaturated/α-hetero) is 1. The highest BCUT2D eigenvalue weighted by Gasteiger charge is 2.35. The zero-order chi connectivity index (χ0) is 13.4. The Morgan fingerprint density at radius 1 is 1.21 bits per heavy atom. The second-order valence-corrected chi connectivity index (χ2v) is 5.95. The number of morpholine rings is 1. The van der Waals surface area contributed by atoms with Crippen LogP contribution in [0, 0.1) is 19.8 Å². The molecule has 0 spiro atoms. The van der Waals surface area contributed by atoms with Crippen LogP contribution in [0.2, 0.25) is 0 Å². The minimum absolute atomic E-state index is 0.154. The average Bonchev–Trinajstić information content (AvgIpc) is 2.37.